The van der Waals surface area contributed by atoms with Gasteiger partial charge in [-0.25, -0.2) is 0 Å². The quantitative estimate of drug-likeness (QED) is 0.284. The molecule has 0 radical (unpaired) electrons. The number of halogens is 1. The Labute approximate surface area is 193 Å². The summed E-state index contributed by atoms with van der Waals surface area (Å²) in [6.07, 6.45) is 6.78. The zero-order valence-electron chi connectivity index (χ0n) is 18.1. The fraction of sp³-hybridized carbons (Fsp3) is 0.696. The van der Waals surface area contributed by atoms with Gasteiger partial charge in [0.05, 0.1) is 0 Å². The van der Waals surface area contributed by atoms with Crippen LogP contribution in [0, 0.1) is 5.41 Å². The third kappa shape index (κ3) is 5.44. The molecule has 2 aliphatic heterocycles. The first kappa shape index (κ1) is 22.8. The predicted octanol–water partition coefficient (Wildman–Crippen LogP) is 3.43. The Hall–Kier alpha value is -0.860. The summed E-state index contributed by atoms with van der Waals surface area (Å²) in [5, 5.41) is 3.64. The van der Waals surface area contributed by atoms with Gasteiger partial charge in [-0.3, -0.25) is 9.89 Å². The largest absolute Gasteiger partial charge is 0.356 e. The lowest BCUT2D eigenvalue weighted by Crippen LogP contribution is -2.48. The van der Waals surface area contributed by atoms with Crippen molar-refractivity contribution in [3.05, 3.63) is 35.9 Å². The summed E-state index contributed by atoms with van der Waals surface area (Å²) in [6, 6.07) is 11.5. The highest BCUT2D eigenvalue weighted by Gasteiger charge is 2.43. The van der Waals surface area contributed by atoms with Gasteiger partial charge in [0.2, 0.25) is 0 Å². The molecule has 1 aromatic carbocycles. The Morgan fingerprint density at radius 2 is 1.93 bits per heavy atom. The molecule has 1 saturated carbocycles. The number of aliphatic imine (C=N–C) groups is 1. The van der Waals surface area contributed by atoms with Crippen molar-refractivity contribution in [1.29, 1.82) is 0 Å². The van der Waals surface area contributed by atoms with Gasteiger partial charge in [0.15, 0.2) is 5.96 Å². The van der Waals surface area contributed by atoms with E-state index >= 15 is 0 Å². The molecule has 0 aromatic heterocycles. The minimum atomic E-state index is 0. The molecule has 0 bridgehead atoms. The number of nitrogens with zero attached hydrogens (tertiary/aromatic N) is 4. The maximum atomic E-state index is 4.56. The predicted molar refractivity (Wildman–Crippen MR) is 132 cm³/mol. The summed E-state index contributed by atoms with van der Waals surface area (Å²) in [6.45, 7) is 7.96. The number of likely N-dealkylation sites (tertiary alicyclic amines) is 1. The Morgan fingerprint density at radius 1 is 1.14 bits per heavy atom. The summed E-state index contributed by atoms with van der Waals surface area (Å²) in [5.41, 5.74) is 2.07. The number of likely N-dealkylation sites (N-methyl/N-ethyl adjacent to an activating group) is 1. The van der Waals surface area contributed by atoms with E-state index in [2.05, 4.69) is 62.4 Å². The molecule has 1 aromatic rings. The number of piperazine rings is 1. The maximum absolute atomic E-state index is 4.56. The second-order valence-corrected chi connectivity index (χ2v) is 9.08. The van der Waals surface area contributed by atoms with Gasteiger partial charge in [0.25, 0.3) is 0 Å². The van der Waals surface area contributed by atoms with Crippen molar-refractivity contribution < 1.29 is 0 Å². The van der Waals surface area contributed by atoms with Gasteiger partial charge in [-0.2, -0.15) is 0 Å². The van der Waals surface area contributed by atoms with E-state index < -0.39 is 0 Å². The summed E-state index contributed by atoms with van der Waals surface area (Å²) >= 11 is 0. The van der Waals surface area contributed by atoms with Gasteiger partial charge in [0, 0.05) is 58.9 Å². The lowest BCUT2D eigenvalue weighted by Gasteiger charge is -2.40. The molecule has 1 aliphatic carbocycles. The molecule has 1 N–H and O–H groups in total. The van der Waals surface area contributed by atoms with Crippen molar-refractivity contribution in [2.75, 3.05) is 59.9 Å². The molecule has 1 spiro atoms. The molecular weight excluding hydrogens is 473 g/mol. The minimum absolute atomic E-state index is 0. The van der Waals surface area contributed by atoms with Crippen LogP contribution in [0.1, 0.15) is 43.7 Å². The van der Waals surface area contributed by atoms with E-state index in [9.17, 15) is 0 Å². The van der Waals surface area contributed by atoms with Gasteiger partial charge >= 0.3 is 0 Å². The number of hydrogen-bond donors (Lipinski definition) is 1. The van der Waals surface area contributed by atoms with E-state index in [0.29, 0.717) is 11.5 Å². The number of rotatable bonds is 5. The average molecular weight is 511 g/mol. The minimum Gasteiger partial charge on any atom is -0.356 e. The summed E-state index contributed by atoms with van der Waals surface area (Å²) < 4.78 is 0. The summed E-state index contributed by atoms with van der Waals surface area (Å²) in [7, 11) is 4.17. The molecule has 0 amide bonds. The van der Waals surface area contributed by atoms with Crippen LogP contribution in [0.4, 0.5) is 0 Å². The SMILES string of the molecule is CN=C(NCCCN1CCN(C)CC1c1ccccc1)N1CCC2(CCC2)C1.I. The summed E-state index contributed by atoms with van der Waals surface area (Å²) in [4.78, 5) is 12.2. The van der Waals surface area contributed by atoms with Gasteiger partial charge in [0.1, 0.15) is 0 Å². The Morgan fingerprint density at radius 3 is 2.59 bits per heavy atom. The molecule has 29 heavy (non-hydrogen) atoms. The first-order valence-electron chi connectivity index (χ1n) is 11.1. The molecule has 1 atom stereocenters. The van der Waals surface area contributed by atoms with E-state index in [4.69, 9.17) is 0 Å². The third-order valence-electron chi connectivity index (χ3n) is 7.15. The molecule has 2 heterocycles. The van der Waals surface area contributed by atoms with Gasteiger partial charge in [-0.1, -0.05) is 36.8 Å². The van der Waals surface area contributed by atoms with E-state index in [-0.39, 0.29) is 24.0 Å². The maximum Gasteiger partial charge on any atom is 0.193 e. The van der Waals surface area contributed by atoms with Crippen LogP contribution in [0.3, 0.4) is 0 Å². The average Bonchev–Trinajstić information content (AvgIpc) is 3.16. The fourth-order valence-electron chi connectivity index (χ4n) is 5.23. The molecule has 3 fully saturated rings. The Balaban J connectivity index is 0.00000240. The van der Waals surface area contributed by atoms with Crippen LogP contribution in [0.2, 0.25) is 0 Å². The van der Waals surface area contributed by atoms with Crippen LogP contribution in [-0.2, 0) is 0 Å². The van der Waals surface area contributed by atoms with Crippen molar-refractivity contribution in [3.63, 3.8) is 0 Å². The van der Waals surface area contributed by atoms with E-state index in [1.165, 1.54) is 44.3 Å². The topological polar surface area (TPSA) is 34.1 Å². The van der Waals surface area contributed by atoms with Gasteiger partial charge in [-0.05, 0) is 43.7 Å². The van der Waals surface area contributed by atoms with Crippen molar-refractivity contribution in [3.8, 4) is 0 Å². The number of guanidine groups is 1. The summed E-state index contributed by atoms with van der Waals surface area (Å²) in [5.74, 6) is 1.11. The van der Waals surface area contributed by atoms with Crippen molar-refractivity contribution in [2.45, 2.75) is 38.1 Å². The molecule has 6 heteroatoms. The van der Waals surface area contributed by atoms with Crippen molar-refractivity contribution >= 4 is 29.9 Å². The van der Waals surface area contributed by atoms with Crippen LogP contribution in [0.5, 0.6) is 0 Å². The Kier molecular flexibility index (Phi) is 8.22. The monoisotopic (exact) mass is 511 g/mol. The molecule has 162 valence electrons. The van der Waals surface area contributed by atoms with Gasteiger partial charge < -0.3 is 15.1 Å². The van der Waals surface area contributed by atoms with Crippen molar-refractivity contribution in [1.82, 2.24) is 20.0 Å². The van der Waals surface area contributed by atoms with Crippen LogP contribution < -0.4 is 5.32 Å². The molecule has 3 aliphatic rings. The molecule has 2 saturated heterocycles. The lowest BCUT2D eigenvalue weighted by molar-refractivity contribution is 0.0890. The molecule has 5 nitrogen and oxygen atoms in total. The second-order valence-electron chi connectivity index (χ2n) is 9.08. The van der Waals surface area contributed by atoms with E-state index in [0.717, 1.165) is 45.1 Å². The first-order chi connectivity index (χ1) is 13.7. The smallest absolute Gasteiger partial charge is 0.193 e. The Bertz CT molecular complexity index is 660. The van der Waals surface area contributed by atoms with Crippen LogP contribution in [-0.4, -0.2) is 80.6 Å². The fourth-order valence-corrected chi connectivity index (χ4v) is 5.23. The molecule has 4 rings (SSSR count). The molecule has 1 unspecified atom stereocenters. The van der Waals surface area contributed by atoms with E-state index in [1.54, 1.807) is 0 Å². The highest BCUT2D eigenvalue weighted by atomic mass is 127. The van der Waals surface area contributed by atoms with Crippen LogP contribution in [0.25, 0.3) is 0 Å². The zero-order chi connectivity index (χ0) is 19.4. The van der Waals surface area contributed by atoms with Crippen molar-refractivity contribution in [2.24, 2.45) is 10.4 Å². The molecular formula is C23H38IN5. The highest BCUT2D eigenvalue weighted by Crippen LogP contribution is 2.47. The second kappa shape index (κ2) is 10.4. The highest BCUT2D eigenvalue weighted by molar-refractivity contribution is 14.0. The van der Waals surface area contributed by atoms with Crippen LogP contribution in [0.15, 0.2) is 35.3 Å². The number of nitrogens with one attached hydrogen (secondary N) is 1. The lowest BCUT2D eigenvalue weighted by atomic mass is 9.68. The normalized spacial score (nSPS) is 25.0. The number of benzene rings is 1. The zero-order valence-corrected chi connectivity index (χ0v) is 20.5. The van der Waals surface area contributed by atoms with E-state index in [1.807, 2.05) is 7.05 Å². The third-order valence-corrected chi connectivity index (χ3v) is 7.15. The van der Waals surface area contributed by atoms with Crippen LogP contribution >= 0.6 is 24.0 Å². The first-order valence-corrected chi connectivity index (χ1v) is 11.1. The standard InChI is InChI=1S/C23H37N5.HI/c1-24-22(28-15-12-23(19-28)10-6-11-23)25-13-7-14-27-17-16-26(2)18-21(27)20-8-4-3-5-9-20;/h3-5,8-9,21H,6-7,10-19H2,1-2H3,(H,24,25);1H. The van der Waals surface area contributed by atoms with Gasteiger partial charge in [-0.15, -0.1) is 24.0 Å². The number of hydrogen-bond acceptors (Lipinski definition) is 3.